The Labute approximate surface area is 178 Å². The van der Waals surface area contributed by atoms with Crippen LogP contribution in [-0.4, -0.2) is 42.9 Å². The van der Waals surface area contributed by atoms with E-state index in [9.17, 15) is 18.0 Å². The summed E-state index contributed by atoms with van der Waals surface area (Å²) in [6.45, 7) is 0.172. The SMILES string of the molecule is O=C(O)CCCN1C=C(C(=O)OCC2CC2)C(c2ccc(Cl)cc2Cl)NS1(=O)=O. The van der Waals surface area contributed by atoms with E-state index in [0.29, 0.717) is 16.5 Å². The second-order valence-corrected chi connectivity index (χ2v) is 9.45. The third-order valence-corrected chi connectivity index (χ3v) is 6.60. The van der Waals surface area contributed by atoms with Crippen molar-refractivity contribution in [1.82, 2.24) is 9.03 Å². The minimum absolute atomic E-state index is 0.0695. The third-order valence-electron chi connectivity index (χ3n) is 4.59. The molecule has 0 aromatic heterocycles. The predicted molar refractivity (Wildman–Crippen MR) is 107 cm³/mol. The van der Waals surface area contributed by atoms with Gasteiger partial charge >= 0.3 is 22.1 Å². The molecule has 0 bridgehead atoms. The van der Waals surface area contributed by atoms with Crippen LogP contribution in [0, 0.1) is 5.92 Å². The molecule has 2 N–H and O–H groups in total. The molecule has 11 heteroatoms. The van der Waals surface area contributed by atoms with Gasteiger partial charge in [-0.15, -0.1) is 0 Å². The van der Waals surface area contributed by atoms with Crippen molar-refractivity contribution >= 4 is 45.3 Å². The zero-order chi connectivity index (χ0) is 21.2. The number of ether oxygens (including phenoxy) is 1. The molecule has 1 heterocycles. The lowest BCUT2D eigenvalue weighted by molar-refractivity contribution is -0.140. The molecule has 1 aromatic carbocycles. The zero-order valence-electron chi connectivity index (χ0n) is 15.3. The Bertz CT molecular complexity index is 946. The van der Waals surface area contributed by atoms with Crippen molar-refractivity contribution in [2.45, 2.75) is 31.7 Å². The number of carboxylic acid groups (broad SMARTS) is 1. The molecule has 3 rings (SSSR count). The fourth-order valence-electron chi connectivity index (χ4n) is 2.85. The van der Waals surface area contributed by atoms with Crippen LogP contribution in [0.3, 0.4) is 0 Å². The summed E-state index contributed by atoms with van der Waals surface area (Å²) in [6.07, 6.45) is 3.06. The Morgan fingerprint density at radius 3 is 2.62 bits per heavy atom. The van der Waals surface area contributed by atoms with Crippen molar-refractivity contribution in [3.8, 4) is 0 Å². The highest BCUT2D eigenvalue weighted by molar-refractivity contribution is 7.87. The summed E-state index contributed by atoms with van der Waals surface area (Å²) in [5.41, 5.74) is 0.430. The van der Waals surface area contributed by atoms with Gasteiger partial charge in [0.1, 0.15) is 0 Å². The molecular formula is C18H20Cl2N2O6S. The highest BCUT2D eigenvalue weighted by Gasteiger charge is 2.37. The van der Waals surface area contributed by atoms with Gasteiger partial charge in [-0.05, 0) is 42.9 Å². The minimum Gasteiger partial charge on any atom is -0.481 e. The average molecular weight is 463 g/mol. The molecule has 0 radical (unpaired) electrons. The van der Waals surface area contributed by atoms with Crippen molar-refractivity contribution < 1.29 is 27.9 Å². The zero-order valence-corrected chi connectivity index (χ0v) is 17.6. The standard InChI is InChI=1S/C18H20Cl2N2O6S/c19-12-5-6-13(15(20)8-12)17-14(18(25)28-10-11-3-4-11)9-22(29(26,27)21-17)7-1-2-16(23)24/h5-6,8-9,11,17,21H,1-4,7,10H2,(H,23,24). The fourth-order valence-corrected chi connectivity index (χ4v) is 4.68. The maximum absolute atomic E-state index is 12.7. The van der Waals surface area contributed by atoms with Crippen LogP contribution in [0.15, 0.2) is 30.0 Å². The van der Waals surface area contributed by atoms with Crippen molar-refractivity contribution in [3.63, 3.8) is 0 Å². The van der Waals surface area contributed by atoms with Crippen LogP contribution in [0.25, 0.3) is 0 Å². The Kier molecular flexibility index (Phi) is 6.72. The number of esters is 1. The number of nitrogens with zero attached hydrogens (tertiary/aromatic N) is 1. The summed E-state index contributed by atoms with van der Waals surface area (Å²) >= 11 is 12.2. The predicted octanol–water partition coefficient (Wildman–Crippen LogP) is 2.89. The van der Waals surface area contributed by atoms with E-state index in [0.717, 1.165) is 17.1 Å². The topological polar surface area (TPSA) is 113 Å². The lowest BCUT2D eigenvalue weighted by atomic mass is 10.00. The minimum atomic E-state index is -4.02. The number of rotatable bonds is 8. The highest BCUT2D eigenvalue weighted by Crippen LogP contribution is 2.35. The summed E-state index contributed by atoms with van der Waals surface area (Å²) in [5, 5.41) is 9.36. The van der Waals surface area contributed by atoms with Crippen LogP contribution >= 0.6 is 23.2 Å². The number of carbonyl (C=O) groups excluding carboxylic acids is 1. The molecule has 1 aliphatic heterocycles. The highest BCUT2D eigenvalue weighted by atomic mass is 35.5. The molecule has 2 aliphatic rings. The maximum Gasteiger partial charge on any atom is 0.337 e. The van der Waals surface area contributed by atoms with Gasteiger partial charge in [-0.1, -0.05) is 29.3 Å². The largest absolute Gasteiger partial charge is 0.481 e. The molecular weight excluding hydrogens is 443 g/mol. The van der Waals surface area contributed by atoms with E-state index in [1.165, 1.54) is 12.3 Å². The number of benzene rings is 1. The third kappa shape index (κ3) is 5.63. The number of nitrogens with one attached hydrogen (secondary N) is 1. The molecule has 8 nitrogen and oxygen atoms in total. The van der Waals surface area contributed by atoms with Gasteiger partial charge in [0.15, 0.2) is 0 Å². The lowest BCUT2D eigenvalue weighted by Gasteiger charge is -2.32. The van der Waals surface area contributed by atoms with Crippen molar-refractivity contribution in [2.24, 2.45) is 5.92 Å². The van der Waals surface area contributed by atoms with Gasteiger partial charge in [0.2, 0.25) is 0 Å². The lowest BCUT2D eigenvalue weighted by Crippen LogP contribution is -2.46. The van der Waals surface area contributed by atoms with Gasteiger partial charge in [-0.25, -0.2) is 4.79 Å². The van der Waals surface area contributed by atoms with Gasteiger partial charge in [0.25, 0.3) is 0 Å². The monoisotopic (exact) mass is 462 g/mol. The number of carbonyl (C=O) groups is 2. The summed E-state index contributed by atoms with van der Waals surface area (Å²) in [4.78, 5) is 23.4. The summed E-state index contributed by atoms with van der Waals surface area (Å²) in [6, 6.07) is 3.50. The van der Waals surface area contributed by atoms with E-state index < -0.39 is 28.2 Å². The van der Waals surface area contributed by atoms with Crippen molar-refractivity contribution in [2.75, 3.05) is 13.2 Å². The van der Waals surface area contributed by atoms with Crippen LogP contribution in [0.4, 0.5) is 0 Å². The first-order chi connectivity index (χ1) is 13.7. The molecule has 1 aromatic rings. The Morgan fingerprint density at radius 1 is 1.28 bits per heavy atom. The van der Waals surface area contributed by atoms with Crippen molar-refractivity contribution in [1.29, 1.82) is 0 Å². The van der Waals surface area contributed by atoms with Gasteiger partial charge < -0.3 is 9.84 Å². The molecule has 1 fully saturated rings. The molecule has 1 saturated carbocycles. The van der Waals surface area contributed by atoms with Crippen LogP contribution in [-0.2, 0) is 24.5 Å². The van der Waals surface area contributed by atoms with Crippen LogP contribution in [0.1, 0.15) is 37.3 Å². The van der Waals surface area contributed by atoms with Crippen LogP contribution in [0.5, 0.6) is 0 Å². The van der Waals surface area contributed by atoms with Gasteiger partial charge in [-0.2, -0.15) is 13.1 Å². The quantitative estimate of drug-likeness (QED) is 0.574. The van der Waals surface area contributed by atoms with Crippen LogP contribution in [0.2, 0.25) is 10.0 Å². The van der Waals surface area contributed by atoms with E-state index >= 15 is 0 Å². The first-order valence-electron chi connectivity index (χ1n) is 9.02. The Morgan fingerprint density at radius 2 is 2.00 bits per heavy atom. The maximum atomic E-state index is 12.7. The van der Waals surface area contributed by atoms with E-state index in [2.05, 4.69) is 4.72 Å². The molecule has 0 spiro atoms. The first-order valence-corrected chi connectivity index (χ1v) is 11.2. The second-order valence-electron chi connectivity index (χ2n) is 6.96. The normalized spacial score (nSPS) is 20.8. The average Bonchev–Trinajstić information content (AvgIpc) is 3.45. The summed E-state index contributed by atoms with van der Waals surface area (Å²) in [5.74, 6) is -1.35. The molecule has 0 amide bonds. The van der Waals surface area contributed by atoms with Gasteiger partial charge in [-0.3, -0.25) is 9.10 Å². The Hall–Kier alpha value is -1.81. The second kappa shape index (κ2) is 8.91. The number of aliphatic carboxylic acids is 1. The number of hydrogen-bond donors (Lipinski definition) is 2. The van der Waals surface area contributed by atoms with E-state index in [-0.39, 0.29) is 36.6 Å². The first kappa shape index (κ1) is 21.9. The molecule has 0 saturated heterocycles. The Balaban J connectivity index is 1.92. The summed E-state index contributed by atoms with van der Waals surface area (Å²) < 4.78 is 34.0. The van der Waals surface area contributed by atoms with E-state index in [4.69, 9.17) is 33.0 Å². The van der Waals surface area contributed by atoms with E-state index in [1.54, 1.807) is 12.1 Å². The summed E-state index contributed by atoms with van der Waals surface area (Å²) in [7, 11) is -4.02. The van der Waals surface area contributed by atoms with Gasteiger partial charge in [0.05, 0.1) is 18.2 Å². The molecule has 158 valence electrons. The van der Waals surface area contributed by atoms with Crippen molar-refractivity contribution in [3.05, 3.63) is 45.6 Å². The fraction of sp³-hybridized carbons (Fsp3) is 0.444. The van der Waals surface area contributed by atoms with E-state index in [1.807, 2.05) is 0 Å². The number of carboxylic acids is 1. The molecule has 1 aliphatic carbocycles. The smallest absolute Gasteiger partial charge is 0.337 e. The molecule has 1 unspecified atom stereocenters. The van der Waals surface area contributed by atoms with Crippen LogP contribution < -0.4 is 4.72 Å². The number of halogens is 2. The molecule has 1 atom stereocenters. The molecule has 29 heavy (non-hydrogen) atoms. The number of hydrogen-bond acceptors (Lipinski definition) is 5. The van der Waals surface area contributed by atoms with Gasteiger partial charge in [0, 0.05) is 29.2 Å².